The van der Waals surface area contributed by atoms with Crippen LogP contribution in [0.15, 0.2) is 30.5 Å². The van der Waals surface area contributed by atoms with Crippen LogP contribution >= 0.6 is 0 Å². The Morgan fingerprint density at radius 3 is 2.71 bits per heavy atom. The third kappa shape index (κ3) is 2.73. The zero-order valence-corrected chi connectivity index (χ0v) is 15.0. The molecule has 2 N–H and O–H groups in total. The second kappa shape index (κ2) is 5.34. The van der Waals surface area contributed by atoms with Crippen LogP contribution in [-0.4, -0.2) is 37.2 Å². The number of methoxy groups -OCH3 is 1. The van der Waals surface area contributed by atoms with E-state index < -0.39 is 9.62 Å². The molecule has 6 heteroatoms. The van der Waals surface area contributed by atoms with Crippen LogP contribution in [0.25, 0.3) is 10.9 Å². The van der Waals surface area contributed by atoms with Crippen LogP contribution in [0.3, 0.4) is 0 Å². The number of rotatable bonds is 4. The normalized spacial score (nSPS) is 20.0. The SMILES string of the molecule is COc1ccc2c(N3CC4(CC(CS(C)(=N)=N)C4)C3)ccnc2c1. The quantitative estimate of drug-likeness (QED) is 0.887. The van der Waals surface area contributed by atoms with Gasteiger partial charge in [-0.15, -0.1) is 0 Å². The molecule has 0 bridgehead atoms. The number of hydrogen-bond acceptors (Lipinski definition) is 5. The molecular formula is C18H24N4OS. The van der Waals surface area contributed by atoms with Gasteiger partial charge in [-0.3, -0.25) is 14.5 Å². The predicted molar refractivity (Wildman–Crippen MR) is 99.3 cm³/mol. The Hall–Kier alpha value is -1.82. The molecule has 1 aromatic carbocycles. The van der Waals surface area contributed by atoms with Gasteiger partial charge in [0.1, 0.15) is 5.75 Å². The molecule has 2 aromatic rings. The maximum absolute atomic E-state index is 7.82. The molecule has 1 saturated heterocycles. The minimum absolute atomic E-state index is 0.442. The van der Waals surface area contributed by atoms with Crippen LogP contribution < -0.4 is 9.64 Å². The molecule has 128 valence electrons. The van der Waals surface area contributed by atoms with Crippen molar-refractivity contribution < 1.29 is 4.74 Å². The summed E-state index contributed by atoms with van der Waals surface area (Å²) in [5, 5.41) is 1.18. The van der Waals surface area contributed by atoms with Gasteiger partial charge in [-0.05, 0) is 37.0 Å². The number of hydrogen-bond donors (Lipinski definition) is 2. The monoisotopic (exact) mass is 344 g/mol. The molecule has 1 saturated carbocycles. The summed E-state index contributed by atoms with van der Waals surface area (Å²) in [4.78, 5) is 6.91. The van der Waals surface area contributed by atoms with Gasteiger partial charge in [0.2, 0.25) is 0 Å². The summed E-state index contributed by atoms with van der Waals surface area (Å²) in [7, 11) is -0.175. The maximum atomic E-state index is 7.82. The summed E-state index contributed by atoms with van der Waals surface area (Å²) in [6.07, 6.45) is 6.05. The van der Waals surface area contributed by atoms with E-state index in [-0.39, 0.29) is 0 Å². The Kier molecular flexibility index (Phi) is 3.49. The third-order valence-electron chi connectivity index (χ3n) is 5.33. The summed E-state index contributed by atoms with van der Waals surface area (Å²) in [5.41, 5.74) is 2.67. The van der Waals surface area contributed by atoms with Gasteiger partial charge in [0.05, 0.1) is 12.6 Å². The highest BCUT2D eigenvalue weighted by Gasteiger charge is 2.52. The fourth-order valence-corrected chi connectivity index (χ4v) is 5.64. The number of anilines is 1. The van der Waals surface area contributed by atoms with Crippen LogP contribution in [0.2, 0.25) is 0 Å². The van der Waals surface area contributed by atoms with E-state index in [1.54, 1.807) is 13.4 Å². The Bertz CT molecular complexity index is 879. The van der Waals surface area contributed by atoms with Gasteiger partial charge in [-0.25, -0.2) is 0 Å². The Balaban J connectivity index is 1.47. The topological polar surface area (TPSA) is 73.1 Å². The van der Waals surface area contributed by atoms with Crippen LogP contribution in [0.5, 0.6) is 5.75 Å². The second-order valence-electron chi connectivity index (χ2n) is 7.60. The largest absolute Gasteiger partial charge is 0.497 e. The molecule has 2 heterocycles. The molecular weight excluding hydrogens is 320 g/mol. The molecule has 24 heavy (non-hydrogen) atoms. The van der Waals surface area contributed by atoms with Crippen LogP contribution in [0.4, 0.5) is 5.69 Å². The van der Waals surface area contributed by atoms with E-state index >= 15 is 0 Å². The Morgan fingerprint density at radius 2 is 2.04 bits per heavy atom. The van der Waals surface area contributed by atoms with Gasteiger partial charge in [-0.2, -0.15) is 0 Å². The molecule has 5 nitrogen and oxygen atoms in total. The van der Waals surface area contributed by atoms with E-state index in [9.17, 15) is 0 Å². The van der Waals surface area contributed by atoms with Crippen molar-refractivity contribution in [1.82, 2.24) is 4.98 Å². The highest BCUT2D eigenvalue weighted by atomic mass is 32.2. The Labute approximate surface area is 143 Å². The number of ether oxygens (including phenoxy) is 1. The van der Waals surface area contributed by atoms with Gasteiger partial charge in [0.25, 0.3) is 0 Å². The molecule has 0 radical (unpaired) electrons. The van der Waals surface area contributed by atoms with Gasteiger partial charge < -0.3 is 9.64 Å². The van der Waals surface area contributed by atoms with Crippen molar-refractivity contribution in [2.45, 2.75) is 12.8 Å². The number of aromatic nitrogens is 1. The Morgan fingerprint density at radius 1 is 1.29 bits per heavy atom. The van der Waals surface area contributed by atoms with Crippen LogP contribution in [0.1, 0.15) is 12.8 Å². The van der Waals surface area contributed by atoms with Crippen LogP contribution in [-0.2, 0) is 9.62 Å². The summed E-state index contributed by atoms with van der Waals surface area (Å²) >= 11 is 0. The molecule has 2 fully saturated rings. The van der Waals surface area contributed by atoms with Crippen molar-refractivity contribution in [3.63, 3.8) is 0 Å². The first-order chi connectivity index (χ1) is 11.4. The predicted octanol–water partition coefficient (Wildman–Crippen LogP) is 3.77. The molecule has 2 aliphatic rings. The zero-order valence-electron chi connectivity index (χ0n) is 14.2. The molecule has 1 aliphatic carbocycles. The van der Waals surface area contributed by atoms with E-state index in [0.29, 0.717) is 11.3 Å². The standard InChI is InChI=1S/C18H24N4OS/c1-23-14-3-4-15-16(7-14)21-6-5-17(15)22-11-18(12-22)8-13(9-18)10-24(2,19)20/h3-7,13,19-20H,8-12H2,1-2H3. The molecule has 1 aromatic heterocycles. The zero-order chi connectivity index (χ0) is 16.9. The molecule has 0 unspecified atom stereocenters. The number of benzene rings is 1. The second-order valence-corrected chi connectivity index (χ2v) is 10.1. The first kappa shape index (κ1) is 15.7. The van der Waals surface area contributed by atoms with E-state index in [1.807, 2.05) is 18.3 Å². The fraction of sp³-hybridized carbons (Fsp3) is 0.500. The fourth-order valence-electron chi connectivity index (χ4n) is 4.46. The minimum atomic E-state index is -1.85. The van der Waals surface area contributed by atoms with E-state index in [4.69, 9.17) is 14.3 Å². The number of nitrogens with one attached hydrogen (secondary N) is 2. The summed E-state index contributed by atoms with van der Waals surface area (Å²) in [6.45, 7) is 2.19. The average Bonchev–Trinajstić information content (AvgIpc) is 2.46. The smallest absolute Gasteiger partial charge is 0.121 e. The lowest BCUT2D eigenvalue weighted by molar-refractivity contribution is 0.0360. The summed E-state index contributed by atoms with van der Waals surface area (Å²) in [5.74, 6) is 2.22. The van der Waals surface area contributed by atoms with Crippen molar-refractivity contribution in [2.24, 2.45) is 11.3 Å². The third-order valence-corrected chi connectivity index (χ3v) is 6.47. The number of fused-ring (bicyclic) bond motifs is 1. The van der Waals surface area contributed by atoms with Crippen LogP contribution in [0, 0.1) is 20.9 Å². The van der Waals surface area contributed by atoms with E-state index in [0.717, 1.165) is 30.1 Å². The van der Waals surface area contributed by atoms with Gasteiger partial charge in [0, 0.05) is 53.8 Å². The van der Waals surface area contributed by atoms with E-state index in [1.165, 1.54) is 23.9 Å². The summed E-state index contributed by atoms with van der Waals surface area (Å²) < 4.78 is 20.9. The first-order valence-electron chi connectivity index (χ1n) is 8.30. The van der Waals surface area contributed by atoms with Gasteiger partial charge >= 0.3 is 0 Å². The highest BCUT2D eigenvalue weighted by molar-refractivity contribution is 7.92. The lowest BCUT2D eigenvalue weighted by atomic mass is 9.58. The van der Waals surface area contributed by atoms with Crippen molar-refractivity contribution in [3.05, 3.63) is 30.5 Å². The minimum Gasteiger partial charge on any atom is -0.497 e. The maximum Gasteiger partial charge on any atom is 0.121 e. The van der Waals surface area contributed by atoms with E-state index in [2.05, 4.69) is 22.0 Å². The van der Waals surface area contributed by atoms with Crippen molar-refractivity contribution in [3.8, 4) is 5.75 Å². The van der Waals surface area contributed by atoms with Gasteiger partial charge in [0.15, 0.2) is 0 Å². The lowest BCUT2D eigenvalue weighted by Crippen LogP contribution is -2.63. The highest BCUT2D eigenvalue weighted by Crippen LogP contribution is 2.53. The molecule has 0 amide bonds. The molecule has 1 aliphatic heterocycles. The molecule has 0 atom stereocenters. The molecule has 1 spiro atoms. The molecule has 4 rings (SSSR count). The van der Waals surface area contributed by atoms with Gasteiger partial charge in [-0.1, -0.05) is 9.62 Å². The van der Waals surface area contributed by atoms with Crippen molar-refractivity contribution in [2.75, 3.05) is 37.1 Å². The number of pyridine rings is 1. The number of nitrogens with zero attached hydrogens (tertiary/aromatic N) is 2. The lowest BCUT2D eigenvalue weighted by Gasteiger charge is -2.60. The average molecular weight is 344 g/mol. The van der Waals surface area contributed by atoms with Crippen molar-refractivity contribution in [1.29, 1.82) is 9.56 Å². The first-order valence-corrected chi connectivity index (χ1v) is 10.5. The summed E-state index contributed by atoms with van der Waals surface area (Å²) in [6, 6.07) is 8.18. The van der Waals surface area contributed by atoms with Crippen molar-refractivity contribution >= 4 is 26.2 Å².